The minimum Gasteiger partial charge on any atom is -0.394 e. The molecule has 0 fully saturated rings. The van der Waals surface area contributed by atoms with E-state index in [0.29, 0.717) is 11.1 Å². The Kier molecular flexibility index (Phi) is 4.74. The maximum atomic E-state index is 12.2. The van der Waals surface area contributed by atoms with Gasteiger partial charge in [0.2, 0.25) is 5.91 Å². The third-order valence-corrected chi connectivity index (χ3v) is 3.67. The molecule has 1 aliphatic rings. The van der Waals surface area contributed by atoms with Crippen LogP contribution in [0.5, 0.6) is 0 Å². The number of benzene rings is 1. The van der Waals surface area contributed by atoms with Crippen LogP contribution >= 0.6 is 15.9 Å². The Hall–Kier alpha value is -1.73. The fraction of sp³-hybridized carbons (Fsp3) is 0.357. The Morgan fingerprint density at radius 3 is 2.67 bits per heavy atom. The summed E-state index contributed by atoms with van der Waals surface area (Å²) in [4.78, 5) is 37.0. The Bertz CT molecular complexity index is 603. The van der Waals surface area contributed by atoms with Crippen LogP contribution in [0.4, 0.5) is 0 Å². The first-order valence-corrected chi connectivity index (χ1v) is 7.29. The molecule has 0 aromatic heterocycles. The van der Waals surface area contributed by atoms with E-state index in [1.54, 1.807) is 25.1 Å². The zero-order valence-electron chi connectivity index (χ0n) is 11.4. The predicted octanol–water partition coefficient (Wildman–Crippen LogP) is 0.932. The highest BCUT2D eigenvalue weighted by Crippen LogP contribution is 2.25. The molecule has 112 valence electrons. The van der Waals surface area contributed by atoms with Gasteiger partial charge >= 0.3 is 0 Å². The molecule has 1 aromatic rings. The van der Waals surface area contributed by atoms with Crippen molar-refractivity contribution in [2.75, 3.05) is 13.2 Å². The normalized spacial score (nSPS) is 15.1. The quantitative estimate of drug-likeness (QED) is 0.770. The van der Waals surface area contributed by atoms with Crippen LogP contribution in [0.2, 0.25) is 0 Å². The summed E-state index contributed by atoms with van der Waals surface area (Å²) in [6.07, 6.45) is 0.0109. The van der Waals surface area contributed by atoms with Gasteiger partial charge in [-0.3, -0.25) is 19.3 Å². The van der Waals surface area contributed by atoms with Crippen LogP contribution in [0.3, 0.4) is 0 Å². The number of carbonyl (C=O) groups is 3. The molecule has 0 saturated carbocycles. The van der Waals surface area contributed by atoms with Gasteiger partial charge in [-0.05, 0) is 25.1 Å². The van der Waals surface area contributed by atoms with Crippen LogP contribution in [0, 0.1) is 0 Å². The number of aliphatic hydroxyl groups excluding tert-OH is 1. The van der Waals surface area contributed by atoms with E-state index in [1.807, 2.05) is 0 Å². The van der Waals surface area contributed by atoms with E-state index in [4.69, 9.17) is 5.11 Å². The van der Waals surface area contributed by atoms with Gasteiger partial charge in [-0.15, -0.1) is 0 Å². The number of carbonyl (C=O) groups excluding carboxylic acids is 3. The number of aliphatic hydroxyl groups is 1. The highest BCUT2D eigenvalue weighted by Gasteiger charge is 2.35. The number of hydrogen-bond acceptors (Lipinski definition) is 4. The smallest absolute Gasteiger partial charge is 0.261 e. The minimum absolute atomic E-state index is 0.0109. The first-order valence-electron chi connectivity index (χ1n) is 6.50. The fourth-order valence-corrected chi connectivity index (χ4v) is 2.43. The summed E-state index contributed by atoms with van der Waals surface area (Å²) in [7, 11) is 0. The summed E-state index contributed by atoms with van der Waals surface area (Å²) in [6, 6.07) is 4.54. The average Bonchev–Trinajstić information content (AvgIpc) is 2.68. The summed E-state index contributed by atoms with van der Waals surface area (Å²) >= 11 is 3.26. The van der Waals surface area contributed by atoms with Crippen molar-refractivity contribution < 1.29 is 19.5 Å². The average molecular weight is 355 g/mol. The van der Waals surface area contributed by atoms with Crippen LogP contribution < -0.4 is 5.32 Å². The molecule has 2 N–H and O–H groups in total. The lowest BCUT2D eigenvalue weighted by Gasteiger charge is -2.15. The van der Waals surface area contributed by atoms with Crippen molar-refractivity contribution >= 4 is 33.7 Å². The lowest BCUT2D eigenvalue weighted by atomic mass is 10.1. The minimum atomic E-state index is -0.390. The Labute approximate surface area is 130 Å². The first-order chi connectivity index (χ1) is 9.93. The standard InChI is InChI=1S/C14H15BrN2O4/c1-8(7-18)16-12(19)4-5-17-13(20)10-3-2-9(15)6-11(10)14(17)21/h2-3,6,8,18H,4-5,7H2,1H3,(H,16,19). The molecule has 21 heavy (non-hydrogen) atoms. The maximum absolute atomic E-state index is 12.2. The van der Waals surface area contributed by atoms with Crippen molar-refractivity contribution in [3.05, 3.63) is 33.8 Å². The molecule has 7 heteroatoms. The number of nitrogens with one attached hydrogen (secondary N) is 1. The van der Waals surface area contributed by atoms with E-state index in [0.717, 1.165) is 9.37 Å². The molecule has 0 bridgehead atoms. The lowest BCUT2D eigenvalue weighted by Crippen LogP contribution is -2.38. The highest BCUT2D eigenvalue weighted by molar-refractivity contribution is 9.10. The zero-order chi connectivity index (χ0) is 15.6. The summed E-state index contributed by atoms with van der Waals surface area (Å²) in [5.74, 6) is -1.08. The lowest BCUT2D eigenvalue weighted by molar-refractivity contribution is -0.122. The van der Waals surface area contributed by atoms with E-state index in [-0.39, 0.29) is 43.3 Å². The number of imide groups is 1. The number of amides is 3. The monoisotopic (exact) mass is 354 g/mol. The van der Waals surface area contributed by atoms with Crippen LogP contribution in [0.15, 0.2) is 22.7 Å². The third kappa shape index (κ3) is 3.30. The molecule has 3 amide bonds. The maximum Gasteiger partial charge on any atom is 0.261 e. The predicted molar refractivity (Wildman–Crippen MR) is 78.8 cm³/mol. The molecule has 1 heterocycles. The Morgan fingerprint density at radius 2 is 2.00 bits per heavy atom. The molecule has 6 nitrogen and oxygen atoms in total. The van der Waals surface area contributed by atoms with Gasteiger partial charge in [0.1, 0.15) is 0 Å². The summed E-state index contributed by atoms with van der Waals surface area (Å²) in [5, 5.41) is 11.4. The van der Waals surface area contributed by atoms with Gasteiger partial charge in [-0.1, -0.05) is 15.9 Å². The van der Waals surface area contributed by atoms with Crippen molar-refractivity contribution in [3.63, 3.8) is 0 Å². The van der Waals surface area contributed by atoms with Crippen LogP contribution in [-0.4, -0.2) is 46.9 Å². The SMILES string of the molecule is CC(CO)NC(=O)CCN1C(=O)c2ccc(Br)cc2C1=O. The van der Waals surface area contributed by atoms with Crippen molar-refractivity contribution in [1.82, 2.24) is 10.2 Å². The van der Waals surface area contributed by atoms with Gasteiger partial charge in [0.25, 0.3) is 11.8 Å². The fourth-order valence-electron chi connectivity index (χ4n) is 2.07. The molecule has 1 aromatic carbocycles. The van der Waals surface area contributed by atoms with Gasteiger partial charge in [-0.2, -0.15) is 0 Å². The number of halogens is 1. The van der Waals surface area contributed by atoms with E-state index in [2.05, 4.69) is 21.2 Å². The molecule has 0 saturated heterocycles. The molecule has 0 radical (unpaired) electrons. The van der Waals surface area contributed by atoms with E-state index < -0.39 is 0 Å². The second-order valence-corrected chi connectivity index (χ2v) is 5.77. The summed E-state index contributed by atoms with van der Waals surface area (Å²) in [6.45, 7) is 1.53. The third-order valence-electron chi connectivity index (χ3n) is 3.18. The molecular formula is C14H15BrN2O4. The second kappa shape index (κ2) is 6.36. The Balaban J connectivity index is 2.02. The first kappa shape index (κ1) is 15.7. The van der Waals surface area contributed by atoms with Gasteiger partial charge < -0.3 is 10.4 Å². The van der Waals surface area contributed by atoms with E-state index in [9.17, 15) is 14.4 Å². The van der Waals surface area contributed by atoms with Crippen LogP contribution in [-0.2, 0) is 4.79 Å². The molecule has 0 spiro atoms. The largest absolute Gasteiger partial charge is 0.394 e. The van der Waals surface area contributed by atoms with Gasteiger partial charge in [0.15, 0.2) is 0 Å². The van der Waals surface area contributed by atoms with Crippen molar-refractivity contribution in [3.8, 4) is 0 Å². The van der Waals surface area contributed by atoms with E-state index in [1.165, 1.54) is 0 Å². The highest BCUT2D eigenvalue weighted by atomic mass is 79.9. The number of nitrogens with zero attached hydrogens (tertiary/aromatic N) is 1. The number of hydrogen-bond donors (Lipinski definition) is 2. The zero-order valence-corrected chi connectivity index (χ0v) is 13.0. The summed E-state index contributed by atoms with van der Waals surface area (Å²) < 4.78 is 0.721. The van der Waals surface area contributed by atoms with Gasteiger partial charge in [0.05, 0.1) is 17.7 Å². The second-order valence-electron chi connectivity index (χ2n) is 4.85. The van der Waals surface area contributed by atoms with Gasteiger partial charge in [0, 0.05) is 23.5 Å². The van der Waals surface area contributed by atoms with Crippen molar-refractivity contribution in [1.29, 1.82) is 0 Å². The number of fused-ring (bicyclic) bond motifs is 1. The molecule has 1 aliphatic heterocycles. The van der Waals surface area contributed by atoms with Gasteiger partial charge in [-0.25, -0.2) is 0 Å². The van der Waals surface area contributed by atoms with E-state index >= 15 is 0 Å². The van der Waals surface area contributed by atoms with Crippen LogP contribution in [0.25, 0.3) is 0 Å². The summed E-state index contributed by atoms with van der Waals surface area (Å²) in [5.41, 5.74) is 0.700. The van der Waals surface area contributed by atoms with Crippen LogP contribution in [0.1, 0.15) is 34.1 Å². The molecule has 0 aliphatic carbocycles. The number of rotatable bonds is 5. The molecular weight excluding hydrogens is 340 g/mol. The molecule has 2 rings (SSSR count). The molecule has 1 atom stereocenters. The van der Waals surface area contributed by atoms with Crippen molar-refractivity contribution in [2.24, 2.45) is 0 Å². The Morgan fingerprint density at radius 1 is 1.33 bits per heavy atom. The molecule has 1 unspecified atom stereocenters. The van der Waals surface area contributed by atoms with Crippen molar-refractivity contribution in [2.45, 2.75) is 19.4 Å². The topological polar surface area (TPSA) is 86.7 Å².